The number of rotatable bonds is 4. The minimum Gasteiger partial charge on any atom is -0.392 e. The van der Waals surface area contributed by atoms with E-state index in [9.17, 15) is 5.11 Å². The Labute approximate surface area is 105 Å². The van der Waals surface area contributed by atoms with Crippen LogP contribution in [0.25, 0.3) is 0 Å². The fraction of sp³-hybridized carbons (Fsp3) is 1.00. The van der Waals surface area contributed by atoms with Crippen molar-refractivity contribution in [1.82, 2.24) is 9.80 Å². The van der Waals surface area contributed by atoms with Gasteiger partial charge in [-0.05, 0) is 12.3 Å². The van der Waals surface area contributed by atoms with E-state index in [-0.39, 0.29) is 6.10 Å². The maximum absolute atomic E-state index is 9.51. The number of aliphatic hydroxyl groups excluding tert-OH is 1. The molecule has 17 heavy (non-hydrogen) atoms. The number of aliphatic hydroxyl groups is 1. The summed E-state index contributed by atoms with van der Waals surface area (Å²) in [6, 6.07) is 0. The lowest BCUT2D eigenvalue weighted by molar-refractivity contribution is -0.0444. The smallest absolute Gasteiger partial charge is 0.0829 e. The van der Waals surface area contributed by atoms with Gasteiger partial charge < -0.3 is 9.84 Å². The minimum atomic E-state index is -0.120. The summed E-state index contributed by atoms with van der Waals surface area (Å²) in [7, 11) is 0. The van der Waals surface area contributed by atoms with Gasteiger partial charge in [-0.2, -0.15) is 0 Å². The van der Waals surface area contributed by atoms with Crippen molar-refractivity contribution in [3.63, 3.8) is 0 Å². The van der Waals surface area contributed by atoms with E-state index in [0.717, 1.165) is 51.7 Å². The molecule has 2 aliphatic rings. The van der Waals surface area contributed by atoms with Gasteiger partial charge in [0.25, 0.3) is 0 Å². The lowest BCUT2D eigenvalue weighted by Gasteiger charge is -2.35. The summed E-state index contributed by atoms with van der Waals surface area (Å²) in [6.45, 7) is 11.5. The van der Waals surface area contributed by atoms with Crippen LogP contribution in [0.2, 0.25) is 0 Å². The van der Waals surface area contributed by atoms with E-state index in [1.165, 1.54) is 6.54 Å². The highest BCUT2D eigenvalue weighted by atomic mass is 16.5. The van der Waals surface area contributed by atoms with Crippen molar-refractivity contribution in [2.24, 2.45) is 5.92 Å². The molecule has 2 atom stereocenters. The van der Waals surface area contributed by atoms with Crippen LogP contribution >= 0.6 is 0 Å². The Bertz CT molecular complexity index is 235. The van der Waals surface area contributed by atoms with E-state index in [1.807, 2.05) is 0 Å². The van der Waals surface area contributed by atoms with Crippen LogP contribution in [0.1, 0.15) is 20.3 Å². The molecular formula is C13H26N2O2. The summed E-state index contributed by atoms with van der Waals surface area (Å²) in [5.41, 5.74) is 0. The van der Waals surface area contributed by atoms with Crippen LogP contribution in [0, 0.1) is 5.92 Å². The first kappa shape index (κ1) is 13.3. The van der Waals surface area contributed by atoms with E-state index in [4.69, 9.17) is 4.74 Å². The largest absolute Gasteiger partial charge is 0.392 e. The number of likely N-dealkylation sites (tertiary alicyclic amines) is 1. The highest BCUT2D eigenvalue weighted by Crippen LogP contribution is 2.13. The topological polar surface area (TPSA) is 35.9 Å². The van der Waals surface area contributed by atoms with Gasteiger partial charge in [-0.15, -0.1) is 0 Å². The molecule has 1 unspecified atom stereocenters. The summed E-state index contributed by atoms with van der Waals surface area (Å²) < 4.78 is 5.82. The van der Waals surface area contributed by atoms with Gasteiger partial charge in [-0.3, -0.25) is 9.80 Å². The molecule has 0 aromatic heterocycles. The first-order valence-corrected chi connectivity index (χ1v) is 6.88. The van der Waals surface area contributed by atoms with Gasteiger partial charge in [0.2, 0.25) is 0 Å². The van der Waals surface area contributed by atoms with Gasteiger partial charge in [0.05, 0.1) is 18.8 Å². The van der Waals surface area contributed by atoms with Crippen LogP contribution in [-0.2, 0) is 4.74 Å². The highest BCUT2D eigenvalue weighted by Gasteiger charge is 2.26. The zero-order valence-corrected chi connectivity index (χ0v) is 11.1. The molecule has 2 aliphatic heterocycles. The zero-order chi connectivity index (χ0) is 12.3. The molecule has 0 aliphatic carbocycles. The standard InChI is InChI=1S/C13H26N2O2/c1-11(2)7-15-5-6-17-13(10-15)9-14-4-3-12(16)8-14/h11-13,16H,3-10H2,1-2H3/t12-,13?/m0/s1. The second-order valence-electron chi connectivity index (χ2n) is 5.85. The van der Waals surface area contributed by atoms with Gasteiger partial charge in [0, 0.05) is 39.3 Å². The molecule has 0 spiro atoms. The zero-order valence-electron chi connectivity index (χ0n) is 11.1. The molecular weight excluding hydrogens is 216 g/mol. The Morgan fingerprint density at radius 2 is 2.06 bits per heavy atom. The second-order valence-corrected chi connectivity index (χ2v) is 5.85. The lowest BCUT2D eigenvalue weighted by Crippen LogP contribution is -2.48. The van der Waals surface area contributed by atoms with Gasteiger partial charge in [-0.25, -0.2) is 0 Å². The van der Waals surface area contributed by atoms with Crippen molar-refractivity contribution in [2.45, 2.75) is 32.5 Å². The molecule has 0 radical (unpaired) electrons. The highest BCUT2D eigenvalue weighted by molar-refractivity contribution is 4.80. The van der Waals surface area contributed by atoms with E-state index in [0.29, 0.717) is 6.10 Å². The van der Waals surface area contributed by atoms with Crippen LogP contribution in [0.5, 0.6) is 0 Å². The fourth-order valence-electron chi connectivity index (χ4n) is 2.84. The summed E-state index contributed by atoms with van der Waals surface area (Å²) >= 11 is 0. The Hall–Kier alpha value is -0.160. The lowest BCUT2D eigenvalue weighted by atomic mass is 10.2. The summed E-state index contributed by atoms with van der Waals surface area (Å²) in [5, 5.41) is 9.51. The molecule has 0 aromatic rings. The Kier molecular flexibility index (Phi) is 4.79. The van der Waals surface area contributed by atoms with Crippen LogP contribution in [0.3, 0.4) is 0 Å². The van der Waals surface area contributed by atoms with E-state index in [1.54, 1.807) is 0 Å². The quantitative estimate of drug-likeness (QED) is 0.774. The van der Waals surface area contributed by atoms with Gasteiger partial charge >= 0.3 is 0 Å². The third-order valence-corrected chi connectivity index (χ3v) is 3.56. The SMILES string of the molecule is CC(C)CN1CCOC(CN2CC[C@H](O)C2)C1. The molecule has 0 bridgehead atoms. The normalized spacial score (nSPS) is 32.5. The predicted molar refractivity (Wildman–Crippen MR) is 68.1 cm³/mol. The summed E-state index contributed by atoms with van der Waals surface area (Å²) in [6.07, 6.45) is 1.13. The van der Waals surface area contributed by atoms with Crippen LogP contribution in [0.4, 0.5) is 0 Å². The average molecular weight is 242 g/mol. The monoisotopic (exact) mass is 242 g/mol. The molecule has 2 saturated heterocycles. The number of morpholine rings is 1. The fourth-order valence-corrected chi connectivity index (χ4v) is 2.84. The molecule has 2 heterocycles. The van der Waals surface area contributed by atoms with E-state index >= 15 is 0 Å². The number of ether oxygens (including phenoxy) is 1. The number of β-amino-alcohol motifs (C(OH)–C–C–N with tert-alkyl or cyclic N) is 1. The van der Waals surface area contributed by atoms with E-state index in [2.05, 4.69) is 23.6 Å². The van der Waals surface area contributed by atoms with Crippen LogP contribution in [0.15, 0.2) is 0 Å². The second kappa shape index (κ2) is 6.14. The maximum atomic E-state index is 9.51. The number of hydrogen-bond donors (Lipinski definition) is 1. The average Bonchev–Trinajstić information content (AvgIpc) is 2.63. The Morgan fingerprint density at radius 1 is 1.24 bits per heavy atom. The molecule has 4 nitrogen and oxygen atoms in total. The van der Waals surface area contributed by atoms with E-state index < -0.39 is 0 Å². The molecule has 0 saturated carbocycles. The van der Waals surface area contributed by atoms with Gasteiger partial charge in [0.1, 0.15) is 0 Å². The van der Waals surface area contributed by atoms with Gasteiger partial charge in [0.15, 0.2) is 0 Å². The predicted octanol–water partition coefficient (Wildman–Crippen LogP) is 0.410. The molecule has 2 fully saturated rings. The molecule has 0 amide bonds. The molecule has 1 N–H and O–H groups in total. The first-order valence-electron chi connectivity index (χ1n) is 6.88. The Balaban J connectivity index is 1.73. The number of nitrogens with zero attached hydrogens (tertiary/aromatic N) is 2. The Morgan fingerprint density at radius 3 is 2.71 bits per heavy atom. The van der Waals surface area contributed by atoms with Crippen molar-refractivity contribution in [3.05, 3.63) is 0 Å². The maximum Gasteiger partial charge on any atom is 0.0829 e. The van der Waals surface area contributed by atoms with Gasteiger partial charge in [-0.1, -0.05) is 13.8 Å². The summed E-state index contributed by atoms with van der Waals surface area (Å²) in [5.74, 6) is 0.724. The number of hydrogen-bond acceptors (Lipinski definition) is 4. The third kappa shape index (κ3) is 4.21. The van der Waals surface area contributed by atoms with Crippen molar-refractivity contribution >= 4 is 0 Å². The van der Waals surface area contributed by atoms with Crippen molar-refractivity contribution in [2.75, 3.05) is 45.9 Å². The summed E-state index contributed by atoms with van der Waals surface area (Å²) in [4.78, 5) is 4.83. The van der Waals surface area contributed by atoms with Crippen molar-refractivity contribution in [1.29, 1.82) is 0 Å². The first-order chi connectivity index (χ1) is 8.13. The molecule has 0 aromatic carbocycles. The van der Waals surface area contributed by atoms with Crippen LogP contribution < -0.4 is 0 Å². The molecule has 4 heteroatoms. The molecule has 100 valence electrons. The molecule has 2 rings (SSSR count). The third-order valence-electron chi connectivity index (χ3n) is 3.56. The van der Waals surface area contributed by atoms with Crippen molar-refractivity contribution in [3.8, 4) is 0 Å². The van der Waals surface area contributed by atoms with Crippen LogP contribution in [-0.4, -0.2) is 73.0 Å². The minimum absolute atomic E-state index is 0.120. The van der Waals surface area contributed by atoms with Crippen molar-refractivity contribution < 1.29 is 9.84 Å².